The van der Waals surface area contributed by atoms with Crippen molar-refractivity contribution in [1.29, 1.82) is 0 Å². The predicted octanol–water partition coefficient (Wildman–Crippen LogP) is 2.42. The van der Waals surface area contributed by atoms with Crippen LogP contribution in [0, 0.1) is 20.8 Å². The van der Waals surface area contributed by atoms with Gasteiger partial charge in [0.25, 0.3) is 0 Å². The first kappa shape index (κ1) is 13.8. The Balaban J connectivity index is 1.87. The number of nitrogens with one attached hydrogen (secondary N) is 1. The van der Waals surface area contributed by atoms with Gasteiger partial charge in [-0.3, -0.25) is 0 Å². The molecule has 0 saturated carbocycles. The first-order chi connectivity index (χ1) is 9.08. The second kappa shape index (κ2) is 5.99. The predicted molar refractivity (Wildman–Crippen MR) is 73.8 cm³/mol. The van der Waals surface area contributed by atoms with Gasteiger partial charge in [-0.1, -0.05) is 35.0 Å². The average Bonchev–Trinajstić information content (AvgIpc) is 2.71. The molecule has 1 unspecified atom stereocenters. The van der Waals surface area contributed by atoms with Crippen molar-refractivity contribution in [1.82, 2.24) is 10.5 Å². The molecule has 0 bridgehead atoms. The molecule has 0 aliphatic rings. The normalized spacial score (nSPS) is 12.6. The van der Waals surface area contributed by atoms with Crippen LogP contribution < -0.4 is 5.32 Å². The number of benzene rings is 1. The van der Waals surface area contributed by atoms with E-state index < -0.39 is 6.10 Å². The molecule has 0 radical (unpaired) electrons. The maximum absolute atomic E-state index is 10.1. The smallest absolute Gasteiger partial charge is 0.138 e. The van der Waals surface area contributed by atoms with E-state index in [1.54, 1.807) is 0 Å². The first-order valence-corrected chi connectivity index (χ1v) is 6.45. The SMILES string of the molecule is Cc1ccc(C(O)CNCc2c(C)noc2C)cc1. The lowest BCUT2D eigenvalue weighted by Gasteiger charge is -2.12. The Morgan fingerprint density at radius 3 is 2.47 bits per heavy atom. The summed E-state index contributed by atoms with van der Waals surface area (Å²) in [6, 6.07) is 7.93. The summed E-state index contributed by atoms with van der Waals surface area (Å²) in [5, 5.41) is 17.2. The molecule has 0 aliphatic carbocycles. The third kappa shape index (κ3) is 3.43. The minimum Gasteiger partial charge on any atom is -0.387 e. The van der Waals surface area contributed by atoms with Crippen LogP contribution in [0.15, 0.2) is 28.8 Å². The van der Waals surface area contributed by atoms with Crippen LogP contribution in [-0.2, 0) is 6.54 Å². The number of aliphatic hydroxyl groups excluding tert-OH is 1. The van der Waals surface area contributed by atoms with E-state index in [4.69, 9.17) is 4.52 Å². The monoisotopic (exact) mass is 260 g/mol. The molecule has 2 N–H and O–H groups in total. The van der Waals surface area contributed by atoms with Gasteiger partial charge in [-0.25, -0.2) is 0 Å². The molecule has 1 atom stereocenters. The number of aromatic nitrogens is 1. The Hall–Kier alpha value is -1.65. The molecule has 0 fully saturated rings. The third-order valence-corrected chi connectivity index (χ3v) is 3.28. The zero-order valence-corrected chi connectivity index (χ0v) is 11.6. The van der Waals surface area contributed by atoms with Gasteiger partial charge in [0.1, 0.15) is 5.76 Å². The van der Waals surface area contributed by atoms with Crippen LogP contribution in [-0.4, -0.2) is 16.8 Å². The van der Waals surface area contributed by atoms with E-state index in [9.17, 15) is 5.11 Å². The zero-order chi connectivity index (χ0) is 13.8. The zero-order valence-electron chi connectivity index (χ0n) is 11.6. The highest BCUT2D eigenvalue weighted by molar-refractivity contribution is 5.23. The van der Waals surface area contributed by atoms with Gasteiger partial charge >= 0.3 is 0 Å². The number of hydrogen-bond acceptors (Lipinski definition) is 4. The van der Waals surface area contributed by atoms with Crippen LogP contribution in [0.4, 0.5) is 0 Å². The van der Waals surface area contributed by atoms with Crippen molar-refractivity contribution in [3.05, 3.63) is 52.4 Å². The summed E-state index contributed by atoms with van der Waals surface area (Å²) in [6.07, 6.45) is -0.499. The number of aryl methyl sites for hydroxylation is 3. The van der Waals surface area contributed by atoms with E-state index in [2.05, 4.69) is 10.5 Å². The molecule has 0 amide bonds. The summed E-state index contributed by atoms with van der Waals surface area (Å²) in [6.45, 7) is 7.01. The van der Waals surface area contributed by atoms with Gasteiger partial charge in [0.05, 0.1) is 11.8 Å². The van der Waals surface area contributed by atoms with Crippen LogP contribution in [0.1, 0.15) is 34.2 Å². The van der Waals surface area contributed by atoms with E-state index in [-0.39, 0.29) is 0 Å². The standard InChI is InChI=1S/C15H20N2O2/c1-10-4-6-13(7-5-10)15(18)9-16-8-14-11(2)17-19-12(14)3/h4-7,15-16,18H,8-9H2,1-3H3. The fourth-order valence-corrected chi connectivity index (χ4v) is 1.99. The summed E-state index contributed by atoms with van der Waals surface area (Å²) < 4.78 is 5.10. The van der Waals surface area contributed by atoms with Crippen molar-refractivity contribution in [2.45, 2.75) is 33.4 Å². The minimum atomic E-state index is -0.499. The van der Waals surface area contributed by atoms with Gasteiger partial charge in [0.2, 0.25) is 0 Å². The van der Waals surface area contributed by atoms with Crippen molar-refractivity contribution < 1.29 is 9.63 Å². The summed E-state index contributed by atoms with van der Waals surface area (Å²) in [7, 11) is 0. The topological polar surface area (TPSA) is 58.3 Å². The molecule has 4 heteroatoms. The van der Waals surface area contributed by atoms with Crippen LogP contribution in [0.2, 0.25) is 0 Å². The van der Waals surface area contributed by atoms with Gasteiger partial charge in [0.15, 0.2) is 0 Å². The van der Waals surface area contributed by atoms with Gasteiger partial charge < -0.3 is 14.9 Å². The van der Waals surface area contributed by atoms with Crippen molar-refractivity contribution in [2.75, 3.05) is 6.54 Å². The molecule has 1 aromatic heterocycles. The van der Waals surface area contributed by atoms with Crippen LogP contribution in [0.3, 0.4) is 0 Å². The molecule has 1 aromatic carbocycles. The van der Waals surface area contributed by atoms with Crippen LogP contribution in [0.25, 0.3) is 0 Å². The highest BCUT2D eigenvalue weighted by Gasteiger charge is 2.10. The highest BCUT2D eigenvalue weighted by Crippen LogP contribution is 2.14. The Morgan fingerprint density at radius 2 is 1.89 bits per heavy atom. The second-order valence-corrected chi connectivity index (χ2v) is 4.86. The van der Waals surface area contributed by atoms with E-state index in [0.717, 1.165) is 22.6 Å². The minimum absolute atomic E-state index is 0.499. The lowest BCUT2D eigenvalue weighted by atomic mass is 10.1. The molecule has 0 spiro atoms. The molecule has 4 nitrogen and oxygen atoms in total. The maximum atomic E-state index is 10.1. The molecule has 102 valence electrons. The largest absolute Gasteiger partial charge is 0.387 e. The van der Waals surface area contributed by atoms with Crippen molar-refractivity contribution in [3.8, 4) is 0 Å². The molecule has 2 rings (SSSR count). The highest BCUT2D eigenvalue weighted by atomic mass is 16.5. The Kier molecular flexibility index (Phi) is 4.35. The lowest BCUT2D eigenvalue weighted by Crippen LogP contribution is -2.21. The van der Waals surface area contributed by atoms with Gasteiger partial charge in [-0.05, 0) is 26.3 Å². The number of hydrogen-bond donors (Lipinski definition) is 2. The lowest BCUT2D eigenvalue weighted by molar-refractivity contribution is 0.174. The summed E-state index contributed by atoms with van der Waals surface area (Å²) >= 11 is 0. The van der Waals surface area contributed by atoms with Crippen LogP contribution in [0.5, 0.6) is 0 Å². The molecule has 0 aliphatic heterocycles. The van der Waals surface area contributed by atoms with E-state index in [0.29, 0.717) is 13.1 Å². The molecular formula is C15H20N2O2. The Morgan fingerprint density at radius 1 is 1.21 bits per heavy atom. The fraction of sp³-hybridized carbons (Fsp3) is 0.400. The molecule has 19 heavy (non-hydrogen) atoms. The molecular weight excluding hydrogens is 240 g/mol. The number of rotatable bonds is 5. The maximum Gasteiger partial charge on any atom is 0.138 e. The molecule has 2 aromatic rings. The van der Waals surface area contributed by atoms with Crippen molar-refractivity contribution in [3.63, 3.8) is 0 Å². The Labute approximate surface area is 113 Å². The van der Waals surface area contributed by atoms with Gasteiger partial charge in [-0.15, -0.1) is 0 Å². The molecule has 1 heterocycles. The van der Waals surface area contributed by atoms with E-state index >= 15 is 0 Å². The van der Waals surface area contributed by atoms with Gasteiger partial charge in [0, 0.05) is 18.7 Å². The van der Waals surface area contributed by atoms with E-state index in [1.807, 2.05) is 45.0 Å². The van der Waals surface area contributed by atoms with Crippen LogP contribution >= 0.6 is 0 Å². The number of aliphatic hydroxyl groups is 1. The van der Waals surface area contributed by atoms with Crippen molar-refractivity contribution in [2.24, 2.45) is 0 Å². The number of nitrogens with zero attached hydrogens (tertiary/aromatic N) is 1. The summed E-state index contributed by atoms with van der Waals surface area (Å²) in [5.74, 6) is 0.829. The third-order valence-electron chi connectivity index (χ3n) is 3.28. The van der Waals surface area contributed by atoms with E-state index in [1.165, 1.54) is 5.56 Å². The summed E-state index contributed by atoms with van der Waals surface area (Å²) in [4.78, 5) is 0. The van der Waals surface area contributed by atoms with Crippen molar-refractivity contribution >= 4 is 0 Å². The second-order valence-electron chi connectivity index (χ2n) is 4.86. The molecule has 0 saturated heterocycles. The Bertz CT molecular complexity index is 512. The van der Waals surface area contributed by atoms with Gasteiger partial charge in [-0.2, -0.15) is 0 Å². The average molecular weight is 260 g/mol. The fourth-order valence-electron chi connectivity index (χ4n) is 1.99. The first-order valence-electron chi connectivity index (χ1n) is 6.45. The summed E-state index contributed by atoms with van der Waals surface area (Å²) in [5.41, 5.74) is 4.09. The quantitative estimate of drug-likeness (QED) is 0.867.